The van der Waals surface area contributed by atoms with Crippen LogP contribution in [0.5, 0.6) is 0 Å². The molecule has 8 aromatic carbocycles. The molecule has 0 fully saturated rings. The maximum atomic E-state index is 6.51. The van der Waals surface area contributed by atoms with Gasteiger partial charge in [-0.2, -0.15) is 0 Å². The minimum absolute atomic E-state index is 0.567. The van der Waals surface area contributed by atoms with E-state index in [1.54, 1.807) is 0 Å². The van der Waals surface area contributed by atoms with E-state index in [2.05, 4.69) is 134 Å². The molecule has 2 heterocycles. The Hall–Kier alpha value is -6.82. The molecule has 0 aliphatic heterocycles. The minimum atomic E-state index is -0.907. The van der Waals surface area contributed by atoms with Gasteiger partial charge < -0.3 is 4.42 Å². The quantitative estimate of drug-likeness (QED) is 0.163. The van der Waals surface area contributed by atoms with Gasteiger partial charge in [-0.3, -0.25) is 0 Å². The van der Waals surface area contributed by atoms with Gasteiger partial charge in [0.1, 0.15) is 11.3 Å². The number of aromatic nitrogens is 3. The Bertz CT molecular complexity index is 3090. The average Bonchev–Trinajstić information content (AvgIpc) is 3.66. The summed E-state index contributed by atoms with van der Waals surface area (Å²) in [6.45, 7) is 0. The molecule has 2 aromatic heterocycles. The van der Waals surface area contributed by atoms with Crippen LogP contribution in [0.2, 0.25) is 0 Å². The van der Waals surface area contributed by atoms with Gasteiger partial charge in [0.25, 0.3) is 0 Å². The van der Waals surface area contributed by atoms with Crippen molar-refractivity contribution in [3.05, 3.63) is 182 Å². The summed E-state index contributed by atoms with van der Waals surface area (Å²) in [5.74, 6) is 2.51. The Labute approximate surface area is 333 Å². The molecule has 0 aliphatic rings. The molecule has 10 rings (SSSR count). The predicted octanol–water partition coefficient (Wildman–Crippen LogP) is 14.0. The van der Waals surface area contributed by atoms with Crippen LogP contribution in [0.1, 0.15) is 0 Å². The van der Waals surface area contributed by atoms with E-state index in [0.29, 0.717) is 17.5 Å². The molecule has 5 heteroatoms. The number of hydrogen-bond donors (Lipinski definition) is 0. The van der Waals surface area contributed by atoms with E-state index in [1.165, 1.54) is 43.1 Å². The topological polar surface area (TPSA) is 51.8 Å². The first-order valence-corrected chi connectivity index (χ1v) is 22.0. The molecule has 4 nitrogen and oxygen atoms in total. The van der Waals surface area contributed by atoms with E-state index >= 15 is 0 Å². The van der Waals surface area contributed by atoms with E-state index in [9.17, 15) is 0 Å². The van der Waals surface area contributed by atoms with E-state index < -0.39 is 10.0 Å². The Morgan fingerprint density at radius 3 is 1.42 bits per heavy atom. The maximum absolute atomic E-state index is 6.51. The number of fused-ring (bicyclic) bond motifs is 3. The van der Waals surface area contributed by atoms with Crippen LogP contribution >= 0.6 is 10.0 Å². The van der Waals surface area contributed by atoms with Gasteiger partial charge >= 0.3 is 0 Å². The lowest BCUT2D eigenvalue weighted by Crippen LogP contribution is -2.00. The van der Waals surface area contributed by atoms with Gasteiger partial charge in [-0.25, -0.2) is 25.0 Å². The Morgan fingerprint density at radius 2 is 0.789 bits per heavy atom. The molecule has 0 saturated heterocycles. The highest BCUT2D eigenvalue weighted by Crippen LogP contribution is 2.50. The Morgan fingerprint density at radius 1 is 0.351 bits per heavy atom. The van der Waals surface area contributed by atoms with Gasteiger partial charge in [0.2, 0.25) is 0 Å². The fraction of sp³-hybridized carbons (Fsp3) is 0.0577. The number of hydrogen-bond acceptors (Lipinski definition) is 4. The normalized spacial score (nSPS) is 12.1. The average molecular weight is 754 g/mol. The molecule has 10 aromatic rings. The Balaban J connectivity index is 1.09. The third-order valence-corrected chi connectivity index (χ3v) is 12.4. The summed E-state index contributed by atoms with van der Waals surface area (Å²) in [7, 11) is -0.907. The molecule has 0 unspecified atom stereocenters. The lowest BCUT2D eigenvalue weighted by Gasteiger charge is -2.28. The van der Waals surface area contributed by atoms with Crippen molar-refractivity contribution in [2.75, 3.05) is 18.8 Å². The van der Waals surface area contributed by atoms with Crippen LogP contribution in [0.15, 0.2) is 191 Å². The fourth-order valence-corrected chi connectivity index (χ4v) is 9.33. The van der Waals surface area contributed by atoms with Crippen molar-refractivity contribution in [3.8, 4) is 67.7 Å². The van der Waals surface area contributed by atoms with Crippen molar-refractivity contribution < 1.29 is 4.42 Å². The van der Waals surface area contributed by atoms with Crippen LogP contribution < -0.4 is 0 Å². The molecule has 0 saturated carbocycles. The zero-order valence-electron chi connectivity index (χ0n) is 32.0. The summed E-state index contributed by atoms with van der Waals surface area (Å²) < 4.78 is 6.51. The van der Waals surface area contributed by atoms with Gasteiger partial charge in [-0.1, -0.05) is 170 Å². The second-order valence-electron chi connectivity index (χ2n) is 15.1. The van der Waals surface area contributed by atoms with Crippen molar-refractivity contribution in [1.82, 2.24) is 15.0 Å². The summed E-state index contributed by atoms with van der Waals surface area (Å²) in [4.78, 5) is 16.8. The monoisotopic (exact) mass is 753 g/mol. The summed E-state index contributed by atoms with van der Waals surface area (Å²) >= 11 is 0. The second kappa shape index (κ2) is 14.0. The molecule has 0 aliphatic carbocycles. The van der Waals surface area contributed by atoms with Crippen LogP contribution in [0.4, 0.5) is 0 Å². The van der Waals surface area contributed by atoms with Crippen molar-refractivity contribution in [2.45, 2.75) is 4.90 Å². The second-order valence-corrected chi connectivity index (χ2v) is 19.2. The summed E-state index contributed by atoms with van der Waals surface area (Å²) in [5.41, 5.74) is 9.23. The highest BCUT2D eigenvalue weighted by Gasteiger charge is 2.23. The van der Waals surface area contributed by atoms with Crippen LogP contribution in [0, 0.1) is 0 Å². The number of para-hydroxylation sites is 1. The number of rotatable bonds is 7. The van der Waals surface area contributed by atoms with Crippen molar-refractivity contribution >= 4 is 42.5 Å². The van der Waals surface area contributed by atoms with Crippen LogP contribution in [-0.4, -0.2) is 33.7 Å². The number of nitrogens with zero attached hydrogens (tertiary/aromatic N) is 3. The summed E-state index contributed by atoms with van der Waals surface area (Å²) in [6.07, 6.45) is 7.11. The van der Waals surface area contributed by atoms with E-state index in [4.69, 9.17) is 19.4 Å². The van der Waals surface area contributed by atoms with E-state index in [1.807, 2.05) is 66.7 Å². The first-order valence-electron chi connectivity index (χ1n) is 19.1. The molecule has 0 bridgehead atoms. The lowest BCUT2D eigenvalue weighted by atomic mass is 9.90. The highest BCUT2D eigenvalue weighted by molar-refractivity contribution is 8.32. The first kappa shape index (κ1) is 34.7. The molecule has 0 atom stereocenters. The zero-order chi connectivity index (χ0) is 38.5. The van der Waals surface area contributed by atoms with Crippen molar-refractivity contribution in [3.63, 3.8) is 0 Å². The van der Waals surface area contributed by atoms with Gasteiger partial charge in [-0.15, -0.1) is 0 Å². The smallest absolute Gasteiger partial charge is 0.168 e. The molecule has 57 heavy (non-hydrogen) atoms. The molecule has 274 valence electrons. The molecule has 0 N–H and O–H groups in total. The maximum Gasteiger partial charge on any atom is 0.168 e. The van der Waals surface area contributed by atoms with Crippen LogP contribution in [0.3, 0.4) is 0 Å². The van der Waals surface area contributed by atoms with Crippen LogP contribution in [0.25, 0.3) is 100 Å². The molecule has 0 spiro atoms. The SMILES string of the molecule is CS(C)(C)c1ccc(-c2ccc(-c3ccc(-c4nc(-c5ccccc5)nc(-c5c(-c6ccccc6)oc6ccccc56)n4)cc3)c3ccccc23)c2ccccc12. The molecule has 0 amide bonds. The van der Waals surface area contributed by atoms with E-state index in [-0.39, 0.29) is 0 Å². The van der Waals surface area contributed by atoms with E-state index in [0.717, 1.165) is 44.5 Å². The minimum Gasteiger partial charge on any atom is -0.455 e. The van der Waals surface area contributed by atoms with Gasteiger partial charge in [0.15, 0.2) is 17.5 Å². The first-order chi connectivity index (χ1) is 27.9. The molecular weight excluding hydrogens is 715 g/mol. The largest absolute Gasteiger partial charge is 0.455 e. The fourth-order valence-electron chi connectivity index (χ4n) is 8.02. The predicted molar refractivity (Wildman–Crippen MR) is 241 cm³/mol. The number of furan rings is 1. The van der Waals surface area contributed by atoms with Gasteiger partial charge in [0, 0.05) is 22.1 Å². The zero-order valence-corrected chi connectivity index (χ0v) is 32.8. The van der Waals surface area contributed by atoms with Gasteiger partial charge in [0.05, 0.1) is 5.56 Å². The summed E-state index contributed by atoms with van der Waals surface area (Å²) in [5, 5.41) is 6.04. The number of benzene rings is 8. The lowest BCUT2D eigenvalue weighted by molar-refractivity contribution is 0.632. The van der Waals surface area contributed by atoms with Crippen LogP contribution in [-0.2, 0) is 0 Å². The third kappa shape index (κ3) is 6.27. The standard InChI is InChI=1S/C52H39N3OS/c1-57(2,3)47-33-32-43(41-22-12-13-23-44(41)47)42-31-30-38(39-20-10-11-21-40(39)42)34-26-28-37(29-27-34)51-53-50(36-18-8-5-9-19-36)54-52(55-51)48-45-24-14-15-25-46(45)56-49(48)35-16-6-4-7-17-35/h4-33H,1-3H3. The van der Waals surface area contributed by atoms with Crippen molar-refractivity contribution in [1.29, 1.82) is 0 Å². The van der Waals surface area contributed by atoms with Gasteiger partial charge in [-0.05, 0) is 79.6 Å². The highest BCUT2D eigenvalue weighted by atomic mass is 32.3. The van der Waals surface area contributed by atoms with Crippen molar-refractivity contribution in [2.24, 2.45) is 0 Å². The molecular formula is C52H39N3OS. The molecule has 0 radical (unpaired) electrons. The summed E-state index contributed by atoms with van der Waals surface area (Å²) in [6, 6.07) is 63.8. The Kier molecular flexibility index (Phi) is 8.53. The third-order valence-electron chi connectivity index (χ3n) is 10.7.